The number of carbonyl (C=O) groups excluding carboxylic acids is 1. The molecule has 0 aliphatic rings. The van der Waals surface area contributed by atoms with Crippen LogP contribution in [-0.2, 0) is 17.0 Å². The number of hydrogen-bond donors (Lipinski definition) is 2. The van der Waals surface area contributed by atoms with Crippen molar-refractivity contribution in [2.75, 3.05) is 7.11 Å². The summed E-state index contributed by atoms with van der Waals surface area (Å²) in [5, 5.41) is 3.43. The van der Waals surface area contributed by atoms with E-state index in [0.29, 0.717) is 16.6 Å². The average molecular weight is 410 g/mol. The summed E-state index contributed by atoms with van der Waals surface area (Å²) < 4.78 is 5.23. The van der Waals surface area contributed by atoms with Gasteiger partial charge in [-0.25, -0.2) is 4.98 Å². The lowest BCUT2D eigenvalue weighted by atomic mass is 10.1. The van der Waals surface area contributed by atoms with Crippen LogP contribution in [0, 0.1) is 0 Å². The third-order valence-electron chi connectivity index (χ3n) is 4.30. The number of thioether (sulfide) groups is 1. The molecule has 0 bridgehead atoms. The fraction of sp³-hybridized carbons (Fsp3) is 0.227. The number of nitrogens with zero attached hydrogens (tertiary/aromatic N) is 1. The molecule has 1 heterocycles. The number of aromatic amines is 1. The van der Waals surface area contributed by atoms with Gasteiger partial charge in [0.05, 0.1) is 25.3 Å². The zero-order valence-electron chi connectivity index (χ0n) is 16.3. The van der Waals surface area contributed by atoms with Gasteiger partial charge < -0.3 is 15.0 Å². The van der Waals surface area contributed by atoms with E-state index in [0.717, 1.165) is 16.9 Å². The lowest BCUT2D eigenvalue weighted by Gasteiger charge is -2.14. The van der Waals surface area contributed by atoms with Gasteiger partial charge in [0.2, 0.25) is 5.91 Å². The second-order valence-electron chi connectivity index (χ2n) is 6.56. The summed E-state index contributed by atoms with van der Waals surface area (Å²) in [4.78, 5) is 31.5. The highest BCUT2D eigenvalue weighted by molar-refractivity contribution is 7.98. The van der Waals surface area contributed by atoms with Crippen molar-refractivity contribution >= 4 is 17.7 Å². The second kappa shape index (κ2) is 9.93. The number of amides is 1. The summed E-state index contributed by atoms with van der Waals surface area (Å²) in [7, 11) is 1.62. The van der Waals surface area contributed by atoms with Crippen molar-refractivity contribution in [3.63, 3.8) is 0 Å². The maximum absolute atomic E-state index is 12.4. The van der Waals surface area contributed by atoms with Crippen molar-refractivity contribution in [2.24, 2.45) is 0 Å². The molecule has 1 atom stereocenters. The van der Waals surface area contributed by atoms with Crippen molar-refractivity contribution in [3.05, 3.63) is 87.8 Å². The summed E-state index contributed by atoms with van der Waals surface area (Å²) in [6.45, 7) is 1.92. The van der Waals surface area contributed by atoms with Crippen LogP contribution in [0.3, 0.4) is 0 Å². The minimum absolute atomic E-state index is 0.0494. The summed E-state index contributed by atoms with van der Waals surface area (Å²) >= 11 is 1.40. The van der Waals surface area contributed by atoms with Gasteiger partial charge in [0.1, 0.15) is 5.75 Å². The minimum Gasteiger partial charge on any atom is -0.497 e. The Labute approximate surface area is 173 Å². The molecular formula is C22H23N3O3S. The number of aromatic nitrogens is 2. The topological polar surface area (TPSA) is 84.1 Å². The zero-order chi connectivity index (χ0) is 20.6. The van der Waals surface area contributed by atoms with Gasteiger partial charge in [-0.15, -0.1) is 0 Å². The summed E-state index contributed by atoms with van der Waals surface area (Å²) in [5.41, 5.74) is 2.25. The number of carbonyl (C=O) groups is 1. The molecule has 1 amide bonds. The van der Waals surface area contributed by atoms with Gasteiger partial charge in [-0.05, 0) is 30.2 Å². The number of H-pyrrole nitrogens is 1. The molecule has 0 aliphatic carbocycles. The first-order valence-electron chi connectivity index (χ1n) is 9.24. The van der Waals surface area contributed by atoms with Crippen LogP contribution >= 0.6 is 11.8 Å². The Morgan fingerprint density at radius 2 is 1.97 bits per heavy atom. The van der Waals surface area contributed by atoms with Crippen molar-refractivity contribution in [1.82, 2.24) is 15.3 Å². The molecule has 150 valence electrons. The zero-order valence-corrected chi connectivity index (χ0v) is 17.2. The highest BCUT2D eigenvalue weighted by Gasteiger charge is 2.12. The molecule has 3 aromatic rings. The van der Waals surface area contributed by atoms with E-state index >= 15 is 0 Å². The van der Waals surface area contributed by atoms with Crippen LogP contribution in [0.4, 0.5) is 0 Å². The van der Waals surface area contributed by atoms with E-state index in [1.165, 1.54) is 17.8 Å². The van der Waals surface area contributed by atoms with Crippen LogP contribution in [0.25, 0.3) is 0 Å². The maximum atomic E-state index is 12.4. The van der Waals surface area contributed by atoms with E-state index in [2.05, 4.69) is 15.3 Å². The summed E-state index contributed by atoms with van der Waals surface area (Å²) in [6, 6.07) is 18.7. The highest BCUT2D eigenvalue weighted by Crippen LogP contribution is 2.21. The summed E-state index contributed by atoms with van der Waals surface area (Å²) in [6.07, 6.45) is 0.0494. The molecule has 0 radical (unpaired) electrons. The Morgan fingerprint density at radius 1 is 1.17 bits per heavy atom. The molecule has 2 aromatic carbocycles. The number of benzene rings is 2. The van der Waals surface area contributed by atoms with E-state index in [1.54, 1.807) is 7.11 Å². The van der Waals surface area contributed by atoms with Crippen LogP contribution in [-0.4, -0.2) is 23.0 Å². The number of ether oxygens (including phenoxy) is 1. The van der Waals surface area contributed by atoms with Crippen LogP contribution in [0.15, 0.2) is 70.6 Å². The molecule has 29 heavy (non-hydrogen) atoms. The number of hydrogen-bond acceptors (Lipinski definition) is 5. The fourth-order valence-corrected chi connectivity index (χ4v) is 3.68. The molecule has 3 rings (SSSR count). The lowest BCUT2D eigenvalue weighted by Crippen LogP contribution is -2.29. The standard InChI is InChI=1S/C22H23N3O3S/c1-15(17-8-4-3-5-9-17)23-20(26)12-18-13-21(27)25-22(24-18)29-14-16-7-6-10-19(11-16)28-2/h3-11,13,15H,12,14H2,1-2H3,(H,23,26)(H,24,25,27)/t15-/m1/s1. The van der Waals surface area contributed by atoms with Crippen LogP contribution in [0.5, 0.6) is 5.75 Å². The molecule has 0 saturated carbocycles. The first-order valence-corrected chi connectivity index (χ1v) is 10.2. The second-order valence-corrected chi connectivity index (χ2v) is 7.52. The first kappa shape index (κ1) is 20.7. The predicted octanol–water partition coefficient (Wildman–Crippen LogP) is 3.49. The van der Waals surface area contributed by atoms with Crippen LogP contribution in [0.2, 0.25) is 0 Å². The predicted molar refractivity (Wildman–Crippen MR) is 114 cm³/mol. The molecule has 0 fully saturated rings. The van der Waals surface area contributed by atoms with Crippen molar-refractivity contribution in [3.8, 4) is 5.75 Å². The molecule has 0 unspecified atom stereocenters. The smallest absolute Gasteiger partial charge is 0.251 e. The van der Waals surface area contributed by atoms with Gasteiger partial charge >= 0.3 is 0 Å². The van der Waals surface area contributed by atoms with Gasteiger partial charge in [-0.3, -0.25) is 9.59 Å². The minimum atomic E-state index is -0.271. The monoisotopic (exact) mass is 409 g/mol. The van der Waals surface area contributed by atoms with E-state index in [4.69, 9.17) is 4.74 Å². The highest BCUT2D eigenvalue weighted by atomic mass is 32.2. The van der Waals surface area contributed by atoms with Gasteiger partial charge in [-0.1, -0.05) is 54.2 Å². The Morgan fingerprint density at radius 3 is 2.72 bits per heavy atom. The molecule has 1 aromatic heterocycles. The molecule has 7 heteroatoms. The largest absolute Gasteiger partial charge is 0.497 e. The van der Waals surface area contributed by atoms with Crippen LogP contribution in [0.1, 0.15) is 29.8 Å². The molecule has 6 nitrogen and oxygen atoms in total. The SMILES string of the molecule is COc1cccc(CSc2nc(CC(=O)N[C@H](C)c3ccccc3)cc(=O)[nH]2)c1. The van der Waals surface area contributed by atoms with Gasteiger partial charge in [0.25, 0.3) is 5.56 Å². The average Bonchev–Trinajstić information content (AvgIpc) is 2.72. The lowest BCUT2D eigenvalue weighted by molar-refractivity contribution is -0.121. The third kappa shape index (κ3) is 6.22. The van der Waals surface area contributed by atoms with E-state index in [-0.39, 0.29) is 23.9 Å². The van der Waals surface area contributed by atoms with Gasteiger partial charge in [0.15, 0.2) is 5.16 Å². The van der Waals surface area contributed by atoms with E-state index in [9.17, 15) is 9.59 Å². The third-order valence-corrected chi connectivity index (χ3v) is 5.25. The molecule has 0 spiro atoms. The first-order chi connectivity index (χ1) is 14.0. The normalized spacial score (nSPS) is 11.7. The number of methoxy groups -OCH3 is 1. The van der Waals surface area contributed by atoms with Gasteiger partial charge in [-0.2, -0.15) is 0 Å². The number of rotatable bonds is 8. The van der Waals surface area contributed by atoms with E-state index < -0.39 is 0 Å². The fourth-order valence-electron chi connectivity index (χ4n) is 2.84. The molecule has 0 aliphatic heterocycles. The molecule has 2 N–H and O–H groups in total. The Bertz CT molecular complexity index is 1020. The Hall–Kier alpha value is -3.06. The maximum Gasteiger partial charge on any atom is 0.251 e. The van der Waals surface area contributed by atoms with E-state index in [1.807, 2.05) is 61.5 Å². The summed E-state index contributed by atoms with van der Waals surface area (Å²) in [5.74, 6) is 1.23. The quantitative estimate of drug-likeness (QED) is 0.439. The molecular weight excluding hydrogens is 386 g/mol. The van der Waals surface area contributed by atoms with Gasteiger partial charge in [0, 0.05) is 11.8 Å². The Kier molecular flexibility index (Phi) is 7.08. The van der Waals surface area contributed by atoms with Crippen LogP contribution < -0.4 is 15.6 Å². The van der Waals surface area contributed by atoms with Crippen molar-refractivity contribution in [1.29, 1.82) is 0 Å². The number of nitrogens with one attached hydrogen (secondary N) is 2. The Balaban J connectivity index is 1.62. The van der Waals surface area contributed by atoms with Crippen molar-refractivity contribution < 1.29 is 9.53 Å². The molecule has 0 saturated heterocycles. The van der Waals surface area contributed by atoms with Crippen molar-refractivity contribution in [2.45, 2.75) is 30.3 Å².